The van der Waals surface area contributed by atoms with E-state index in [0.717, 1.165) is 34.4 Å². The van der Waals surface area contributed by atoms with Gasteiger partial charge in [-0.1, -0.05) is 65.4 Å². The Morgan fingerprint density at radius 2 is 1.78 bits per heavy atom. The van der Waals surface area contributed by atoms with Crippen LogP contribution in [0.25, 0.3) is 6.08 Å². The first-order chi connectivity index (χ1) is 17.6. The molecule has 192 valence electrons. The molecule has 1 saturated heterocycles. The third kappa shape index (κ3) is 6.41. The van der Waals surface area contributed by atoms with E-state index < -0.39 is 17.6 Å². The zero-order valence-electron chi connectivity index (χ0n) is 19.1. The molecule has 37 heavy (non-hydrogen) atoms. The molecule has 4 nitrogen and oxygen atoms in total. The standard InChI is InChI=1S/C26H18Cl2F3NO3S2/c1-2-34-22-11-15(7-9-21(22)35-14-16-6-8-19(27)20(28)10-16)12-23-24(33)32(25(36)37-23)18-5-3-4-17(13-18)26(29,30)31/h3-13H,2,14H2,1H3/b23-12+. The number of anilines is 1. The second-order valence-corrected chi connectivity index (χ2v) is 10.2. The molecule has 11 heteroatoms. The van der Waals surface area contributed by atoms with Crippen molar-refractivity contribution in [3.05, 3.63) is 92.3 Å². The van der Waals surface area contributed by atoms with Gasteiger partial charge in [0.15, 0.2) is 15.8 Å². The molecule has 1 aliphatic rings. The molecular formula is C26H18Cl2F3NO3S2. The number of alkyl halides is 3. The third-order valence-corrected chi connectivity index (χ3v) is 7.21. The van der Waals surface area contributed by atoms with Gasteiger partial charge in [-0.2, -0.15) is 13.2 Å². The molecule has 1 aliphatic heterocycles. The lowest BCUT2D eigenvalue weighted by atomic mass is 10.1. The van der Waals surface area contributed by atoms with Gasteiger partial charge in [0.2, 0.25) is 0 Å². The zero-order chi connectivity index (χ0) is 26.7. The maximum absolute atomic E-state index is 13.1. The van der Waals surface area contributed by atoms with Gasteiger partial charge < -0.3 is 9.47 Å². The number of ether oxygens (including phenoxy) is 2. The quantitative estimate of drug-likeness (QED) is 0.206. The van der Waals surface area contributed by atoms with Crippen LogP contribution in [0.15, 0.2) is 65.6 Å². The van der Waals surface area contributed by atoms with Crippen molar-refractivity contribution in [2.24, 2.45) is 0 Å². The number of hydrogen-bond donors (Lipinski definition) is 0. The molecule has 0 saturated carbocycles. The Morgan fingerprint density at radius 1 is 1.00 bits per heavy atom. The van der Waals surface area contributed by atoms with Crippen LogP contribution >= 0.6 is 47.2 Å². The Bertz CT molecular complexity index is 1400. The van der Waals surface area contributed by atoms with Crippen LogP contribution in [0.1, 0.15) is 23.6 Å². The van der Waals surface area contributed by atoms with Crippen LogP contribution in [0, 0.1) is 0 Å². The highest BCUT2D eigenvalue weighted by molar-refractivity contribution is 8.27. The second-order valence-electron chi connectivity index (χ2n) is 7.74. The summed E-state index contributed by atoms with van der Waals surface area (Å²) in [6.45, 7) is 2.44. The van der Waals surface area contributed by atoms with Crippen molar-refractivity contribution in [2.75, 3.05) is 11.5 Å². The topological polar surface area (TPSA) is 38.8 Å². The Kier molecular flexibility index (Phi) is 8.38. The minimum Gasteiger partial charge on any atom is -0.490 e. The number of hydrogen-bond acceptors (Lipinski definition) is 5. The van der Waals surface area contributed by atoms with Crippen molar-refractivity contribution in [3.63, 3.8) is 0 Å². The highest BCUT2D eigenvalue weighted by Crippen LogP contribution is 2.39. The molecule has 0 aliphatic carbocycles. The summed E-state index contributed by atoms with van der Waals surface area (Å²) in [5, 5.41) is 0.869. The first-order valence-electron chi connectivity index (χ1n) is 10.9. The Hall–Kier alpha value is -2.72. The van der Waals surface area contributed by atoms with Gasteiger partial charge in [-0.15, -0.1) is 0 Å². The number of thiocarbonyl (C=S) groups is 1. The molecule has 1 fully saturated rings. The Balaban J connectivity index is 1.56. The zero-order valence-corrected chi connectivity index (χ0v) is 22.3. The SMILES string of the molecule is CCOc1cc(/C=C2/SC(=S)N(c3cccc(C(F)(F)F)c3)C2=O)ccc1OCc1ccc(Cl)c(Cl)c1. The average molecular weight is 584 g/mol. The Labute approximate surface area is 231 Å². The predicted octanol–water partition coefficient (Wildman–Crippen LogP) is 8.40. The van der Waals surface area contributed by atoms with E-state index in [1.165, 1.54) is 12.1 Å². The van der Waals surface area contributed by atoms with E-state index in [4.69, 9.17) is 44.9 Å². The minimum atomic E-state index is -4.54. The number of thioether (sulfide) groups is 1. The fraction of sp³-hybridized carbons (Fsp3) is 0.154. The van der Waals surface area contributed by atoms with Gasteiger partial charge in [0, 0.05) is 0 Å². The van der Waals surface area contributed by atoms with E-state index in [0.29, 0.717) is 33.7 Å². The van der Waals surface area contributed by atoms with Gasteiger partial charge in [-0.3, -0.25) is 9.69 Å². The number of nitrogens with zero attached hydrogens (tertiary/aromatic N) is 1. The summed E-state index contributed by atoms with van der Waals surface area (Å²) in [6.07, 6.45) is -2.93. The summed E-state index contributed by atoms with van der Waals surface area (Å²) < 4.78 is 51.2. The molecular weight excluding hydrogens is 566 g/mol. The van der Waals surface area contributed by atoms with Gasteiger partial charge in [-0.05, 0) is 66.6 Å². The second kappa shape index (κ2) is 11.3. The smallest absolute Gasteiger partial charge is 0.416 e. The van der Waals surface area contributed by atoms with Crippen molar-refractivity contribution in [1.82, 2.24) is 0 Å². The van der Waals surface area contributed by atoms with Crippen LogP contribution < -0.4 is 14.4 Å². The van der Waals surface area contributed by atoms with Crippen molar-refractivity contribution in [3.8, 4) is 11.5 Å². The molecule has 0 aromatic heterocycles. The van der Waals surface area contributed by atoms with Crippen LogP contribution in [0.2, 0.25) is 10.0 Å². The van der Waals surface area contributed by atoms with Crippen LogP contribution in [-0.4, -0.2) is 16.8 Å². The van der Waals surface area contributed by atoms with E-state index in [1.807, 2.05) is 6.92 Å². The van der Waals surface area contributed by atoms with Crippen LogP contribution in [0.5, 0.6) is 11.5 Å². The largest absolute Gasteiger partial charge is 0.490 e. The van der Waals surface area contributed by atoms with Crippen LogP contribution in [-0.2, 0) is 17.6 Å². The van der Waals surface area contributed by atoms with Gasteiger partial charge in [0.1, 0.15) is 6.61 Å². The number of rotatable bonds is 7. The summed E-state index contributed by atoms with van der Waals surface area (Å²) in [6, 6.07) is 14.9. The Morgan fingerprint density at radius 3 is 2.49 bits per heavy atom. The lowest BCUT2D eigenvalue weighted by Gasteiger charge is -2.16. The van der Waals surface area contributed by atoms with Gasteiger partial charge >= 0.3 is 6.18 Å². The molecule has 1 amide bonds. The molecule has 0 N–H and O–H groups in total. The normalized spacial score (nSPS) is 15.0. The van der Waals surface area contributed by atoms with Crippen LogP contribution in [0.4, 0.5) is 18.9 Å². The summed E-state index contributed by atoms with van der Waals surface area (Å²) in [5.74, 6) is 0.443. The first-order valence-corrected chi connectivity index (χ1v) is 12.8. The van der Waals surface area contributed by atoms with Crippen molar-refractivity contribution in [1.29, 1.82) is 0 Å². The monoisotopic (exact) mass is 583 g/mol. The number of carbonyl (C=O) groups excluding carboxylic acids is 1. The molecule has 4 rings (SSSR count). The van der Waals surface area contributed by atoms with Crippen molar-refractivity contribution < 1.29 is 27.4 Å². The highest BCUT2D eigenvalue weighted by atomic mass is 35.5. The molecule has 0 atom stereocenters. The number of amides is 1. The molecule has 0 spiro atoms. The fourth-order valence-electron chi connectivity index (χ4n) is 3.46. The van der Waals surface area contributed by atoms with Gasteiger partial charge in [0.05, 0.1) is 32.8 Å². The van der Waals surface area contributed by atoms with E-state index in [2.05, 4.69) is 0 Å². The van der Waals surface area contributed by atoms with E-state index in [1.54, 1.807) is 42.5 Å². The lowest BCUT2D eigenvalue weighted by molar-refractivity contribution is -0.137. The average Bonchev–Trinajstić information content (AvgIpc) is 3.13. The van der Waals surface area contributed by atoms with Crippen LogP contribution in [0.3, 0.4) is 0 Å². The molecule has 0 unspecified atom stereocenters. The molecule has 0 bridgehead atoms. The number of benzene rings is 3. The lowest BCUT2D eigenvalue weighted by Crippen LogP contribution is -2.27. The number of halogens is 5. The van der Waals surface area contributed by atoms with E-state index in [-0.39, 0.29) is 21.5 Å². The van der Waals surface area contributed by atoms with Gasteiger partial charge in [0.25, 0.3) is 5.91 Å². The minimum absolute atomic E-state index is 0.0572. The fourth-order valence-corrected chi connectivity index (χ4v) is 5.08. The maximum Gasteiger partial charge on any atom is 0.416 e. The number of carbonyl (C=O) groups is 1. The first kappa shape index (κ1) is 27.3. The molecule has 1 heterocycles. The van der Waals surface area contributed by atoms with Crippen molar-refractivity contribution in [2.45, 2.75) is 19.7 Å². The predicted molar refractivity (Wildman–Crippen MR) is 146 cm³/mol. The highest BCUT2D eigenvalue weighted by Gasteiger charge is 2.36. The van der Waals surface area contributed by atoms with E-state index in [9.17, 15) is 18.0 Å². The third-order valence-electron chi connectivity index (χ3n) is 5.17. The molecule has 3 aromatic carbocycles. The molecule has 0 radical (unpaired) electrons. The summed E-state index contributed by atoms with van der Waals surface area (Å²) in [5.41, 5.74) is 0.650. The summed E-state index contributed by atoms with van der Waals surface area (Å²) in [4.78, 5) is 14.4. The summed E-state index contributed by atoms with van der Waals surface area (Å²) >= 11 is 18.3. The molecule has 3 aromatic rings. The van der Waals surface area contributed by atoms with E-state index >= 15 is 0 Å². The van der Waals surface area contributed by atoms with Gasteiger partial charge in [-0.25, -0.2) is 0 Å². The van der Waals surface area contributed by atoms with Crippen molar-refractivity contribution >= 4 is 69.2 Å². The summed E-state index contributed by atoms with van der Waals surface area (Å²) in [7, 11) is 0. The maximum atomic E-state index is 13.1.